The van der Waals surface area contributed by atoms with Gasteiger partial charge in [-0.3, -0.25) is 14.2 Å². The molecule has 4 rings (SSSR count). The average molecular weight is 582 g/mol. The topological polar surface area (TPSA) is 149 Å². The van der Waals surface area contributed by atoms with E-state index in [4.69, 9.17) is 0 Å². The molecule has 1 aliphatic carbocycles. The minimum atomic E-state index is -4.16. The number of benzene rings is 2. The van der Waals surface area contributed by atoms with Crippen molar-refractivity contribution in [2.24, 2.45) is 10.8 Å². The van der Waals surface area contributed by atoms with E-state index in [0.717, 1.165) is 22.0 Å². The molecule has 0 saturated heterocycles. The van der Waals surface area contributed by atoms with E-state index in [-0.39, 0.29) is 24.9 Å². The second-order valence-electron chi connectivity index (χ2n) is 12.3. The summed E-state index contributed by atoms with van der Waals surface area (Å²) >= 11 is 0. The number of carbonyl (C=O) groups is 3. The van der Waals surface area contributed by atoms with Gasteiger partial charge in [-0.1, -0.05) is 82.1 Å². The number of fused-ring (bicyclic) bond motifs is 1. The van der Waals surface area contributed by atoms with Crippen LogP contribution < -0.4 is 10.6 Å². The van der Waals surface area contributed by atoms with E-state index in [2.05, 4.69) is 15.6 Å². The number of amides is 2. The van der Waals surface area contributed by atoms with Crippen LogP contribution in [0, 0.1) is 10.8 Å². The molecular formula is C31H40N3O6P. The molecule has 9 nitrogen and oxygen atoms in total. The zero-order valence-corrected chi connectivity index (χ0v) is 24.7. The molecule has 2 amide bonds. The van der Waals surface area contributed by atoms with E-state index < -0.39 is 41.9 Å². The number of rotatable bonds is 11. The van der Waals surface area contributed by atoms with Crippen molar-refractivity contribution in [2.75, 3.05) is 6.16 Å². The summed E-state index contributed by atoms with van der Waals surface area (Å²) in [4.78, 5) is 53.7. The molecule has 3 aromatic rings. The van der Waals surface area contributed by atoms with Crippen LogP contribution in [-0.4, -0.2) is 50.8 Å². The molecule has 5 N–H and O–H groups in total. The Bertz CT molecular complexity index is 1440. The zero-order chi connectivity index (χ0) is 29.8. The first-order valence-electron chi connectivity index (χ1n) is 14.1. The molecule has 10 heteroatoms. The van der Waals surface area contributed by atoms with Crippen LogP contribution in [0.2, 0.25) is 0 Å². The number of hydrogen-bond acceptors (Lipinski definition) is 4. The number of para-hydroxylation sites is 1. The Morgan fingerprint density at radius 3 is 2.24 bits per heavy atom. The highest BCUT2D eigenvalue weighted by molar-refractivity contribution is 7.58. The molecule has 0 radical (unpaired) electrons. The SMILES string of the molecule is CC(C)(C)C(=O)N[C@@H](Cc1ccccc1)P(=O)(O)CC1(C(=O)N[C@@H](Cc2c[nH]c3ccccc23)C(=O)O)CCCC1. The Hall–Kier alpha value is -3.42. The van der Waals surface area contributed by atoms with Gasteiger partial charge in [0, 0.05) is 41.5 Å². The monoisotopic (exact) mass is 581 g/mol. The lowest BCUT2D eigenvalue weighted by molar-refractivity contribution is -0.143. The van der Waals surface area contributed by atoms with Crippen LogP contribution in [0.4, 0.5) is 0 Å². The van der Waals surface area contributed by atoms with Crippen molar-refractivity contribution in [1.29, 1.82) is 0 Å². The standard InChI is InChI=1S/C31H40N3O6P/c1-30(2,3)28(37)34-26(17-21-11-5-4-6-12-21)41(39,40)20-31(15-9-10-16-31)29(38)33-25(27(35)36)18-22-19-32-24-14-8-7-13-23(22)24/h4-8,11-14,19,25-26,32H,9-10,15-18,20H2,1-3H3,(H,33,38)(H,34,37)(H,35,36)(H,39,40)/t25-,26+/m0/s1. The van der Waals surface area contributed by atoms with Crippen LogP contribution >= 0.6 is 7.37 Å². The Balaban J connectivity index is 1.58. The number of nitrogens with one attached hydrogen (secondary N) is 3. The molecule has 0 aliphatic heterocycles. The van der Waals surface area contributed by atoms with Crippen molar-refractivity contribution in [1.82, 2.24) is 15.6 Å². The first kappa shape index (κ1) is 30.5. The number of carboxylic acids is 1. The quantitative estimate of drug-likeness (QED) is 0.205. The van der Waals surface area contributed by atoms with Gasteiger partial charge in [0.05, 0.1) is 5.41 Å². The van der Waals surface area contributed by atoms with Crippen LogP contribution in [0.1, 0.15) is 57.6 Å². The molecule has 1 aromatic heterocycles. The van der Waals surface area contributed by atoms with Crippen LogP contribution in [0.15, 0.2) is 60.8 Å². The highest BCUT2D eigenvalue weighted by atomic mass is 31.2. The van der Waals surface area contributed by atoms with Crippen molar-refractivity contribution in [3.8, 4) is 0 Å². The first-order chi connectivity index (χ1) is 19.3. The van der Waals surface area contributed by atoms with Gasteiger partial charge < -0.3 is 25.6 Å². The maximum absolute atomic E-state index is 14.1. The minimum Gasteiger partial charge on any atom is -0.480 e. The molecule has 1 saturated carbocycles. The molecule has 3 atom stereocenters. The molecule has 1 unspecified atom stereocenters. The summed E-state index contributed by atoms with van der Waals surface area (Å²) in [7, 11) is -4.16. The number of hydrogen-bond donors (Lipinski definition) is 5. The van der Waals surface area contributed by atoms with Gasteiger partial charge >= 0.3 is 5.97 Å². The van der Waals surface area contributed by atoms with E-state index in [0.29, 0.717) is 25.7 Å². The summed E-state index contributed by atoms with van der Waals surface area (Å²) in [6.45, 7) is 5.20. The van der Waals surface area contributed by atoms with Gasteiger partial charge in [-0.15, -0.1) is 0 Å². The van der Waals surface area contributed by atoms with Gasteiger partial charge in [-0.25, -0.2) is 4.79 Å². The fraction of sp³-hybridized carbons (Fsp3) is 0.452. The summed E-state index contributed by atoms with van der Waals surface area (Å²) in [5.41, 5.74) is 0.423. The van der Waals surface area contributed by atoms with Gasteiger partial charge in [0.15, 0.2) is 0 Å². The summed E-state index contributed by atoms with van der Waals surface area (Å²) in [6.07, 6.45) is 3.71. The third kappa shape index (κ3) is 7.27. The first-order valence-corrected chi connectivity index (χ1v) is 16.0. The van der Waals surface area contributed by atoms with Gasteiger partial charge in [0.25, 0.3) is 0 Å². The number of aliphatic carboxylic acids is 1. The summed E-state index contributed by atoms with van der Waals surface area (Å²) < 4.78 is 14.1. The van der Waals surface area contributed by atoms with E-state index >= 15 is 0 Å². The van der Waals surface area contributed by atoms with Crippen molar-refractivity contribution >= 4 is 36.1 Å². The Kier molecular flexibility index (Phi) is 9.10. The van der Waals surface area contributed by atoms with Gasteiger partial charge in [0.1, 0.15) is 11.8 Å². The van der Waals surface area contributed by atoms with Crippen LogP contribution in [0.25, 0.3) is 10.9 Å². The third-order valence-corrected chi connectivity index (χ3v) is 10.4. The number of carboxylic acid groups (broad SMARTS) is 1. The maximum Gasteiger partial charge on any atom is 0.326 e. The summed E-state index contributed by atoms with van der Waals surface area (Å²) in [5, 5.41) is 16.4. The summed E-state index contributed by atoms with van der Waals surface area (Å²) in [5.74, 6) is -3.16. The van der Waals surface area contributed by atoms with Crippen LogP contribution in [-0.2, 0) is 31.8 Å². The van der Waals surface area contributed by atoms with E-state index in [1.165, 1.54) is 0 Å². The molecule has 1 fully saturated rings. The van der Waals surface area contributed by atoms with Crippen molar-refractivity contribution < 1.29 is 28.9 Å². The largest absolute Gasteiger partial charge is 0.480 e. The van der Waals surface area contributed by atoms with Gasteiger partial charge in [0.2, 0.25) is 19.2 Å². The highest BCUT2D eigenvalue weighted by Gasteiger charge is 2.49. The number of aromatic nitrogens is 1. The zero-order valence-electron chi connectivity index (χ0n) is 23.9. The summed E-state index contributed by atoms with van der Waals surface area (Å²) in [6, 6.07) is 15.5. The van der Waals surface area contributed by atoms with E-state index in [9.17, 15) is 28.9 Å². The Labute approximate surface area is 240 Å². The molecule has 220 valence electrons. The molecule has 1 aliphatic rings. The fourth-order valence-corrected chi connectivity index (χ4v) is 7.95. The van der Waals surface area contributed by atoms with Gasteiger partial charge in [-0.05, 0) is 30.0 Å². The minimum absolute atomic E-state index is 0.0657. The smallest absolute Gasteiger partial charge is 0.326 e. The highest BCUT2D eigenvalue weighted by Crippen LogP contribution is 2.55. The molecule has 41 heavy (non-hydrogen) atoms. The van der Waals surface area contributed by atoms with Crippen molar-refractivity contribution in [3.63, 3.8) is 0 Å². The average Bonchev–Trinajstić information content (AvgIpc) is 3.55. The Morgan fingerprint density at radius 1 is 0.976 bits per heavy atom. The van der Waals surface area contributed by atoms with Crippen molar-refractivity contribution in [2.45, 2.75) is 71.1 Å². The number of H-pyrrole nitrogens is 1. The van der Waals surface area contributed by atoms with Crippen molar-refractivity contribution in [3.05, 3.63) is 71.9 Å². The van der Waals surface area contributed by atoms with Crippen LogP contribution in [0.3, 0.4) is 0 Å². The number of aromatic amines is 1. The number of carbonyl (C=O) groups excluding carboxylic acids is 2. The fourth-order valence-electron chi connectivity index (χ4n) is 5.58. The normalized spacial score (nSPS) is 17.9. The Morgan fingerprint density at radius 2 is 1.61 bits per heavy atom. The van der Waals surface area contributed by atoms with E-state index in [1.54, 1.807) is 27.0 Å². The van der Waals surface area contributed by atoms with E-state index in [1.807, 2.05) is 54.6 Å². The lowest BCUT2D eigenvalue weighted by Gasteiger charge is -2.35. The second kappa shape index (κ2) is 12.2. The maximum atomic E-state index is 14.1. The van der Waals surface area contributed by atoms with Crippen LogP contribution in [0.5, 0.6) is 0 Å². The molecule has 0 spiro atoms. The molecular weight excluding hydrogens is 541 g/mol. The predicted molar refractivity (Wildman–Crippen MR) is 159 cm³/mol. The lowest BCUT2D eigenvalue weighted by atomic mass is 9.87. The lowest BCUT2D eigenvalue weighted by Crippen LogP contribution is -2.51. The molecule has 1 heterocycles. The molecule has 0 bridgehead atoms. The second-order valence-corrected chi connectivity index (χ2v) is 14.7. The predicted octanol–water partition coefficient (Wildman–Crippen LogP) is 4.84. The van der Waals surface area contributed by atoms with Gasteiger partial charge in [-0.2, -0.15) is 0 Å². The third-order valence-electron chi connectivity index (χ3n) is 8.01. The molecule has 2 aromatic carbocycles.